The fraction of sp³-hybridized carbons (Fsp3) is 0.900. The number of aliphatic carboxylic acids is 1. The zero-order valence-electron chi connectivity index (χ0n) is 8.83. The van der Waals surface area contributed by atoms with Gasteiger partial charge in [-0.1, -0.05) is 0 Å². The van der Waals surface area contributed by atoms with Gasteiger partial charge in [0.2, 0.25) is 0 Å². The van der Waals surface area contributed by atoms with Gasteiger partial charge in [-0.05, 0) is 39.4 Å². The minimum absolute atomic E-state index is 0.298. The second kappa shape index (κ2) is 5.98. The monoisotopic (exact) mass is 200 g/mol. The molecule has 82 valence electrons. The Labute approximate surface area is 85.3 Å². The molecule has 0 spiro atoms. The summed E-state index contributed by atoms with van der Waals surface area (Å²) in [6.07, 6.45) is 3.26. The van der Waals surface area contributed by atoms with Crippen LogP contribution in [0.15, 0.2) is 0 Å². The van der Waals surface area contributed by atoms with Crippen LogP contribution >= 0.6 is 0 Å². The van der Waals surface area contributed by atoms with Gasteiger partial charge in [0.1, 0.15) is 0 Å². The topological polar surface area (TPSA) is 52.6 Å². The van der Waals surface area contributed by atoms with Crippen LogP contribution in [0.25, 0.3) is 0 Å². The number of hydrogen-bond acceptors (Lipinski definition) is 3. The molecule has 1 heterocycles. The maximum atomic E-state index is 10.2. The Morgan fingerprint density at radius 2 is 2.36 bits per heavy atom. The summed E-state index contributed by atoms with van der Waals surface area (Å²) in [4.78, 5) is 12.5. The molecule has 1 rings (SSSR count). The highest BCUT2D eigenvalue weighted by Gasteiger charge is 2.17. The zero-order chi connectivity index (χ0) is 10.4. The molecule has 1 aliphatic rings. The van der Waals surface area contributed by atoms with E-state index in [-0.39, 0.29) is 0 Å². The van der Waals surface area contributed by atoms with Crippen molar-refractivity contribution in [3.8, 4) is 0 Å². The SMILES string of the molecule is CN1CCC(NCCCCC(=O)O)C1. The van der Waals surface area contributed by atoms with E-state index in [2.05, 4.69) is 17.3 Å². The molecular weight excluding hydrogens is 180 g/mol. The molecule has 0 radical (unpaired) electrons. The molecule has 4 nitrogen and oxygen atoms in total. The highest BCUT2D eigenvalue weighted by molar-refractivity contribution is 5.66. The number of carbonyl (C=O) groups is 1. The molecule has 1 saturated heterocycles. The van der Waals surface area contributed by atoms with Crippen molar-refractivity contribution < 1.29 is 9.90 Å². The Morgan fingerprint density at radius 1 is 1.57 bits per heavy atom. The van der Waals surface area contributed by atoms with Crippen LogP contribution in [0.3, 0.4) is 0 Å². The van der Waals surface area contributed by atoms with Crippen molar-refractivity contribution in [2.24, 2.45) is 0 Å². The number of rotatable bonds is 6. The lowest BCUT2D eigenvalue weighted by molar-refractivity contribution is -0.137. The van der Waals surface area contributed by atoms with Crippen LogP contribution in [0.2, 0.25) is 0 Å². The minimum atomic E-state index is -0.689. The Bertz CT molecular complexity index is 185. The summed E-state index contributed by atoms with van der Waals surface area (Å²) < 4.78 is 0. The molecule has 0 aromatic carbocycles. The van der Waals surface area contributed by atoms with Gasteiger partial charge in [0.15, 0.2) is 0 Å². The zero-order valence-corrected chi connectivity index (χ0v) is 8.83. The molecule has 14 heavy (non-hydrogen) atoms. The Kier molecular flexibility index (Phi) is 4.90. The number of likely N-dealkylation sites (tertiary alicyclic amines) is 1. The third-order valence-corrected chi connectivity index (χ3v) is 2.64. The average Bonchev–Trinajstić information content (AvgIpc) is 2.50. The molecule has 0 saturated carbocycles. The van der Waals surface area contributed by atoms with E-state index in [4.69, 9.17) is 5.11 Å². The largest absolute Gasteiger partial charge is 0.481 e. The molecule has 0 bridgehead atoms. The Balaban J connectivity index is 1.91. The van der Waals surface area contributed by atoms with Crippen molar-refractivity contribution in [3.05, 3.63) is 0 Å². The highest BCUT2D eigenvalue weighted by atomic mass is 16.4. The summed E-state index contributed by atoms with van der Waals surface area (Å²) in [7, 11) is 2.13. The summed E-state index contributed by atoms with van der Waals surface area (Å²) >= 11 is 0. The van der Waals surface area contributed by atoms with Gasteiger partial charge >= 0.3 is 5.97 Å². The van der Waals surface area contributed by atoms with Gasteiger partial charge in [0.25, 0.3) is 0 Å². The third-order valence-electron chi connectivity index (χ3n) is 2.64. The minimum Gasteiger partial charge on any atom is -0.481 e. The van der Waals surface area contributed by atoms with E-state index in [1.54, 1.807) is 0 Å². The Morgan fingerprint density at radius 3 is 2.93 bits per heavy atom. The summed E-state index contributed by atoms with van der Waals surface area (Å²) in [6.45, 7) is 3.25. The number of likely N-dealkylation sites (N-methyl/N-ethyl adjacent to an activating group) is 1. The molecule has 2 N–H and O–H groups in total. The summed E-state index contributed by atoms with van der Waals surface area (Å²) in [6, 6.07) is 0.616. The molecular formula is C10H20N2O2. The van der Waals surface area contributed by atoms with Crippen LogP contribution < -0.4 is 5.32 Å². The first-order chi connectivity index (χ1) is 6.68. The average molecular weight is 200 g/mol. The van der Waals surface area contributed by atoms with Gasteiger partial charge in [0, 0.05) is 19.0 Å². The van der Waals surface area contributed by atoms with Gasteiger partial charge < -0.3 is 15.3 Å². The van der Waals surface area contributed by atoms with Gasteiger partial charge in [-0.25, -0.2) is 0 Å². The lowest BCUT2D eigenvalue weighted by atomic mass is 10.2. The van der Waals surface area contributed by atoms with Gasteiger partial charge in [-0.2, -0.15) is 0 Å². The highest BCUT2D eigenvalue weighted by Crippen LogP contribution is 2.06. The van der Waals surface area contributed by atoms with Gasteiger partial charge in [-0.3, -0.25) is 4.79 Å². The van der Waals surface area contributed by atoms with E-state index >= 15 is 0 Å². The first kappa shape index (κ1) is 11.5. The third kappa shape index (κ3) is 4.58. The number of nitrogens with zero attached hydrogens (tertiary/aromatic N) is 1. The van der Waals surface area contributed by atoms with Crippen molar-refractivity contribution in [1.29, 1.82) is 0 Å². The number of carboxylic acids is 1. The lowest BCUT2D eigenvalue weighted by Crippen LogP contribution is -2.32. The molecule has 4 heteroatoms. The van der Waals surface area contributed by atoms with E-state index in [9.17, 15) is 4.79 Å². The van der Waals surface area contributed by atoms with Crippen molar-refractivity contribution in [3.63, 3.8) is 0 Å². The van der Waals surface area contributed by atoms with Crippen LogP contribution in [-0.4, -0.2) is 48.7 Å². The van der Waals surface area contributed by atoms with Crippen molar-refractivity contribution in [2.45, 2.75) is 31.7 Å². The maximum absolute atomic E-state index is 10.2. The molecule has 1 fully saturated rings. The van der Waals surface area contributed by atoms with Crippen LogP contribution in [0.4, 0.5) is 0 Å². The van der Waals surface area contributed by atoms with E-state index < -0.39 is 5.97 Å². The lowest BCUT2D eigenvalue weighted by Gasteiger charge is -2.12. The Hall–Kier alpha value is -0.610. The first-order valence-corrected chi connectivity index (χ1v) is 5.32. The molecule has 0 amide bonds. The standard InChI is InChI=1S/C10H20N2O2/c1-12-7-5-9(8-12)11-6-3-2-4-10(13)14/h9,11H,2-8H2,1H3,(H,13,14). The van der Waals surface area contributed by atoms with E-state index in [0.717, 1.165) is 25.9 Å². The fourth-order valence-electron chi connectivity index (χ4n) is 1.81. The molecule has 1 unspecified atom stereocenters. The van der Waals surface area contributed by atoms with Crippen LogP contribution in [-0.2, 0) is 4.79 Å². The normalized spacial score (nSPS) is 22.8. The number of nitrogens with one attached hydrogen (secondary N) is 1. The second-order valence-electron chi connectivity index (χ2n) is 4.05. The summed E-state index contributed by atoms with van der Waals surface area (Å²) in [5, 5.41) is 11.9. The number of hydrogen-bond donors (Lipinski definition) is 2. The van der Waals surface area contributed by atoms with Gasteiger partial charge in [-0.15, -0.1) is 0 Å². The van der Waals surface area contributed by atoms with Crippen molar-refractivity contribution >= 4 is 5.97 Å². The van der Waals surface area contributed by atoms with Crippen LogP contribution in [0, 0.1) is 0 Å². The van der Waals surface area contributed by atoms with Crippen molar-refractivity contribution in [1.82, 2.24) is 10.2 Å². The van der Waals surface area contributed by atoms with E-state index in [0.29, 0.717) is 12.5 Å². The fourth-order valence-corrected chi connectivity index (χ4v) is 1.81. The molecule has 0 aromatic heterocycles. The maximum Gasteiger partial charge on any atom is 0.303 e. The quantitative estimate of drug-likeness (QED) is 0.614. The first-order valence-electron chi connectivity index (χ1n) is 5.32. The molecule has 0 aromatic rings. The van der Waals surface area contributed by atoms with Crippen LogP contribution in [0.5, 0.6) is 0 Å². The summed E-state index contributed by atoms with van der Waals surface area (Å²) in [5.41, 5.74) is 0. The molecule has 1 atom stereocenters. The smallest absolute Gasteiger partial charge is 0.303 e. The number of unbranched alkanes of at least 4 members (excludes halogenated alkanes) is 1. The van der Waals surface area contributed by atoms with Crippen LogP contribution in [0.1, 0.15) is 25.7 Å². The predicted octanol–water partition coefficient (Wildman–Crippen LogP) is 0.535. The number of carboxylic acid groups (broad SMARTS) is 1. The van der Waals surface area contributed by atoms with E-state index in [1.807, 2.05) is 0 Å². The van der Waals surface area contributed by atoms with Gasteiger partial charge in [0.05, 0.1) is 0 Å². The van der Waals surface area contributed by atoms with E-state index in [1.165, 1.54) is 13.0 Å². The summed E-state index contributed by atoms with van der Waals surface area (Å²) in [5.74, 6) is -0.689. The predicted molar refractivity (Wildman–Crippen MR) is 55.4 cm³/mol. The molecule has 1 aliphatic heterocycles. The van der Waals surface area contributed by atoms with Crippen molar-refractivity contribution in [2.75, 3.05) is 26.7 Å². The second-order valence-corrected chi connectivity index (χ2v) is 4.05. The molecule has 0 aliphatic carbocycles.